The molecule has 1 aromatic heterocycles. The molecule has 0 unspecified atom stereocenters. The van der Waals surface area contributed by atoms with Crippen molar-refractivity contribution in [1.29, 1.82) is 0 Å². The molecule has 1 aliphatic rings. The summed E-state index contributed by atoms with van der Waals surface area (Å²) in [5, 5.41) is 7.61. The van der Waals surface area contributed by atoms with E-state index >= 15 is 0 Å². The first kappa shape index (κ1) is 24.8. The molecule has 4 rings (SSSR count). The maximum Gasteiger partial charge on any atom is 0.216 e. The van der Waals surface area contributed by atoms with Crippen LogP contribution in [0.2, 0.25) is 0 Å². The molecule has 1 fully saturated rings. The number of anilines is 2. The van der Waals surface area contributed by atoms with Crippen LogP contribution in [0.4, 0.5) is 11.4 Å². The van der Waals surface area contributed by atoms with E-state index < -0.39 is 0 Å². The van der Waals surface area contributed by atoms with Crippen molar-refractivity contribution < 1.29 is 4.79 Å². The highest BCUT2D eigenvalue weighted by Crippen LogP contribution is 2.29. The molecule has 3 aromatic rings. The lowest BCUT2D eigenvalue weighted by Crippen LogP contribution is -2.47. The third-order valence-electron chi connectivity index (χ3n) is 6.72. The summed E-state index contributed by atoms with van der Waals surface area (Å²) >= 11 is 0. The third kappa shape index (κ3) is 5.66. The zero-order valence-electron chi connectivity index (χ0n) is 20.6. The molecule has 0 atom stereocenters. The van der Waals surface area contributed by atoms with Crippen molar-refractivity contribution in [3.8, 4) is 0 Å². The van der Waals surface area contributed by atoms with Gasteiger partial charge in [0.1, 0.15) is 0 Å². The molecule has 186 valence electrons. The van der Waals surface area contributed by atoms with Crippen molar-refractivity contribution in [2.45, 2.75) is 19.8 Å². The molecule has 35 heavy (non-hydrogen) atoms. The van der Waals surface area contributed by atoms with E-state index in [1.165, 1.54) is 0 Å². The lowest BCUT2D eigenvalue weighted by Gasteiger charge is -2.34. The lowest BCUT2D eigenvalue weighted by atomic mass is 10.1. The molecule has 8 heteroatoms. The van der Waals surface area contributed by atoms with Gasteiger partial charge in [0.25, 0.3) is 0 Å². The minimum atomic E-state index is -0.0156. The molecule has 2 heterocycles. The molecule has 4 N–H and O–H groups in total. The van der Waals surface area contributed by atoms with Crippen LogP contribution in [-0.2, 0) is 4.79 Å². The molecule has 8 nitrogen and oxygen atoms in total. The number of fused-ring (bicyclic) bond motifs is 2. The summed E-state index contributed by atoms with van der Waals surface area (Å²) in [6, 6.07) is 11.3. The Labute approximate surface area is 206 Å². The predicted molar refractivity (Wildman–Crippen MR) is 146 cm³/mol. The summed E-state index contributed by atoms with van der Waals surface area (Å²) in [5.74, 6) is 0.0372. The van der Waals surface area contributed by atoms with Crippen molar-refractivity contribution >= 4 is 45.3 Å². The Bertz CT molecular complexity index is 1260. The number of benzene rings is 2. The monoisotopic (exact) mass is 476 g/mol. The van der Waals surface area contributed by atoms with Crippen molar-refractivity contribution in [3.63, 3.8) is 0 Å². The van der Waals surface area contributed by atoms with Crippen molar-refractivity contribution in [2.24, 2.45) is 0 Å². The van der Waals surface area contributed by atoms with Crippen molar-refractivity contribution in [2.75, 3.05) is 63.4 Å². The molecule has 0 radical (unpaired) electrons. The summed E-state index contributed by atoms with van der Waals surface area (Å²) in [7, 11) is 0. The number of nitrogen functional groups attached to an aromatic ring is 1. The highest BCUT2D eigenvalue weighted by atomic mass is 16.1. The summed E-state index contributed by atoms with van der Waals surface area (Å²) in [6.45, 7) is 13.3. The zero-order chi connectivity index (χ0) is 24.8. The van der Waals surface area contributed by atoms with E-state index in [1.807, 2.05) is 41.0 Å². The Morgan fingerprint density at radius 2 is 1.69 bits per heavy atom. The van der Waals surface area contributed by atoms with Crippen LogP contribution in [0.15, 0.2) is 47.8 Å². The van der Waals surface area contributed by atoms with Gasteiger partial charge in [0.2, 0.25) is 5.91 Å². The number of nitrogens with one attached hydrogen (secondary N) is 2. The predicted octanol–water partition coefficient (Wildman–Crippen LogP) is 2.78. The molecule has 0 saturated carbocycles. The van der Waals surface area contributed by atoms with Crippen molar-refractivity contribution in [3.05, 3.63) is 53.2 Å². The number of nitrogens with two attached hydrogens (primary N) is 1. The smallest absolute Gasteiger partial charge is 0.216 e. The second-order valence-electron chi connectivity index (χ2n) is 9.12. The average Bonchev–Trinajstić information content (AvgIpc) is 2.87. The second kappa shape index (κ2) is 11.4. The van der Waals surface area contributed by atoms with Crippen LogP contribution in [0.25, 0.3) is 28.0 Å². The van der Waals surface area contributed by atoms with Gasteiger partial charge < -0.3 is 30.7 Å². The first-order chi connectivity index (χ1) is 17.0. The molecule has 0 spiro atoms. The molecule has 1 saturated heterocycles. The van der Waals surface area contributed by atoms with E-state index in [1.54, 1.807) is 13.1 Å². The minimum absolute atomic E-state index is 0.0156. The van der Waals surface area contributed by atoms with Gasteiger partial charge in [-0.25, -0.2) is 0 Å². The molecular formula is C27H36N6O2. The molecule has 0 bridgehead atoms. The minimum Gasteiger partial charge on any atom is -0.397 e. The van der Waals surface area contributed by atoms with Crippen LogP contribution >= 0.6 is 0 Å². The number of carbonyl (C=O) groups is 1. The standard InChI is InChI=1S/C27H36N6O2/c1-3-33-24-9-5-4-8-21(24)27(35)25-23(11-10-22(28)26(25)33)30-13-7-15-32-18-16-31(17-19-32)14-6-12-29-20(2)34/h3-5,8-11,30H,1,6-7,12-19,28H2,2H3,(H,29,34). The maximum atomic E-state index is 13.4. The van der Waals surface area contributed by atoms with Crippen LogP contribution in [0, 0.1) is 0 Å². The van der Waals surface area contributed by atoms with Gasteiger partial charge in [-0.1, -0.05) is 18.7 Å². The zero-order valence-corrected chi connectivity index (χ0v) is 20.6. The van der Waals surface area contributed by atoms with Gasteiger partial charge in [-0.15, -0.1) is 0 Å². The van der Waals surface area contributed by atoms with E-state index in [4.69, 9.17) is 5.73 Å². The number of aromatic nitrogens is 1. The van der Waals surface area contributed by atoms with E-state index in [-0.39, 0.29) is 11.3 Å². The number of hydrogen-bond acceptors (Lipinski definition) is 6. The molecule has 1 aliphatic heterocycles. The van der Waals surface area contributed by atoms with Crippen LogP contribution < -0.4 is 21.8 Å². The first-order valence-corrected chi connectivity index (χ1v) is 12.4. The summed E-state index contributed by atoms with van der Waals surface area (Å²) in [6.07, 6.45) is 3.68. The summed E-state index contributed by atoms with van der Waals surface area (Å²) in [4.78, 5) is 29.3. The van der Waals surface area contributed by atoms with Crippen LogP contribution in [0.5, 0.6) is 0 Å². The van der Waals surface area contributed by atoms with Gasteiger partial charge in [-0.2, -0.15) is 0 Å². The number of piperazine rings is 1. The highest BCUT2D eigenvalue weighted by Gasteiger charge is 2.17. The first-order valence-electron chi connectivity index (χ1n) is 12.4. The number of amides is 1. The number of hydrogen-bond donors (Lipinski definition) is 3. The van der Waals surface area contributed by atoms with E-state index in [0.29, 0.717) is 22.0 Å². The third-order valence-corrected chi connectivity index (χ3v) is 6.72. The topological polar surface area (TPSA) is 95.6 Å². The number of carbonyl (C=O) groups excluding carboxylic acids is 1. The van der Waals surface area contributed by atoms with Gasteiger partial charge in [0.05, 0.1) is 22.1 Å². The van der Waals surface area contributed by atoms with E-state index in [9.17, 15) is 9.59 Å². The van der Waals surface area contributed by atoms with Crippen molar-refractivity contribution in [1.82, 2.24) is 19.7 Å². The second-order valence-corrected chi connectivity index (χ2v) is 9.12. The van der Waals surface area contributed by atoms with Crippen LogP contribution in [0.1, 0.15) is 19.8 Å². The lowest BCUT2D eigenvalue weighted by molar-refractivity contribution is -0.118. The van der Waals surface area contributed by atoms with E-state index in [0.717, 1.165) is 76.4 Å². The molecule has 2 aromatic carbocycles. The number of para-hydroxylation sites is 1. The van der Waals surface area contributed by atoms with E-state index in [2.05, 4.69) is 27.0 Å². The Morgan fingerprint density at radius 3 is 2.34 bits per heavy atom. The Hall–Kier alpha value is -3.36. The van der Waals surface area contributed by atoms with Gasteiger partial charge >= 0.3 is 0 Å². The molecule has 1 amide bonds. The largest absolute Gasteiger partial charge is 0.397 e. The summed E-state index contributed by atoms with van der Waals surface area (Å²) in [5.41, 5.74) is 9.17. The Morgan fingerprint density at radius 1 is 1.03 bits per heavy atom. The SMILES string of the molecule is C=Cn1c2ccccc2c(=O)c2c(NCCCN3CCN(CCCNC(C)=O)CC3)ccc(N)c21. The average molecular weight is 477 g/mol. The highest BCUT2D eigenvalue weighted by molar-refractivity contribution is 6.06. The fourth-order valence-corrected chi connectivity index (χ4v) is 4.89. The normalized spacial score (nSPS) is 14.9. The Kier molecular flexibility index (Phi) is 8.05. The van der Waals surface area contributed by atoms with Gasteiger partial charge in [0, 0.05) is 63.5 Å². The number of nitrogens with zero attached hydrogens (tertiary/aromatic N) is 3. The Balaban J connectivity index is 1.35. The number of rotatable bonds is 10. The molecular weight excluding hydrogens is 440 g/mol. The van der Waals surface area contributed by atoms with Gasteiger partial charge in [0.15, 0.2) is 5.43 Å². The van der Waals surface area contributed by atoms with Gasteiger partial charge in [-0.3, -0.25) is 9.59 Å². The quantitative estimate of drug-likeness (QED) is 0.237. The maximum absolute atomic E-state index is 13.4. The number of pyridine rings is 1. The van der Waals surface area contributed by atoms with Crippen LogP contribution in [-0.4, -0.2) is 72.6 Å². The fourth-order valence-electron chi connectivity index (χ4n) is 4.89. The summed E-state index contributed by atoms with van der Waals surface area (Å²) < 4.78 is 1.91. The van der Waals surface area contributed by atoms with Gasteiger partial charge in [-0.05, 0) is 50.2 Å². The van der Waals surface area contributed by atoms with Crippen LogP contribution in [0.3, 0.4) is 0 Å². The molecule has 0 aliphatic carbocycles. The fraction of sp³-hybridized carbons (Fsp3) is 0.407.